The van der Waals surface area contributed by atoms with Crippen LogP contribution in [0.5, 0.6) is 5.75 Å². The monoisotopic (exact) mass is 569 g/mol. The van der Waals surface area contributed by atoms with Gasteiger partial charge in [0, 0.05) is 11.5 Å². The molecule has 1 aliphatic rings. The van der Waals surface area contributed by atoms with E-state index in [2.05, 4.69) is 18.2 Å². The number of rotatable bonds is 6. The molecule has 5 rings (SSSR count). The SMILES string of the molecule is COC(=O)c1cc(C2CC(CN(C(=O)OC(C)(C)C)C(C)c3cccc4ccccc34)Oc3ccccc32)ccc1F. The summed E-state index contributed by atoms with van der Waals surface area (Å²) in [6.07, 6.45) is -0.330. The van der Waals surface area contributed by atoms with Crippen LogP contribution in [0.4, 0.5) is 9.18 Å². The number of halogens is 1. The molecule has 0 spiro atoms. The Labute approximate surface area is 246 Å². The third-order valence-corrected chi connectivity index (χ3v) is 7.65. The lowest BCUT2D eigenvalue weighted by atomic mass is 9.83. The van der Waals surface area contributed by atoms with Gasteiger partial charge in [0.05, 0.1) is 25.3 Å². The van der Waals surface area contributed by atoms with Crippen molar-refractivity contribution in [3.63, 3.8) is 0 Å². The van der Waals surface area contributed by atoms with E-state index < -0.39 is 29.6 Å². The Morgan fingerprint density at radius 2 is 1.71 bits per heavy atom. The molecule has 3 atom stereocenters. The van der Waals surface area contributed by atoms with E-state index in [0.717, 1.165) is 27.5 Å². The molecule has 4 aromatic rings. The fourth-order valence-electron chi connectivity index (χ4n) is 5.66. The average molecular weight is 570 g/mol. The van der Waals surface area contributed by atoms with Crippen LogP contribution in [0.15, 0.2) is 84.9 Å². The summed E-state index contributed by atoms with van der Waals surface area (Å²) in [5.74, 6) is -0.879. The molecule has 0 aliphatic carbocycles. The molecule has 1 aliphatic heterocycles. The van der Waals surface area contributed by atoms with Crippen LogP contribution in [0.25, 0.3) is 10.8 Å². The molecular formula is C35H36FNO5. The van der Waals surface area contributed by atoms with Crippen LogP contribution >= 0.6 is 0 Å². The number of carbonyl (C=O) groups is 2. The van der Waals surface area contributed by atoms with Gasteiger partial charge in [0.1, 0.15) is 23.3 Å². The van der Waals surface area contributed by atoms with Crippen molar-refractivity contribution in [2.45, 2.75) is 57.8 Å². The van der Waals surface area contributed by atoms with E-state index in [4.69, 9.17) is 14.2 Å². The van der Waals surface area contributed by atoms with Crippen LogP contribution in [-0.2, 0) is 9.47 Å². The van der Waals surface area contributed by atoms with Gasteiger partial charge in [-0.25, -0.2) is 14.0 Å². The van der Waals surface area contributed by atoms with Crippen LogP contribution in [0.3, 0.4) is 0 Å². The quantitative estimate of drug-likeness (QED) is 0.220. The average Bonchev–Trinajstić information content (AvgIpc) is 2.97. The lowest BCUT2D eigenvalue weighted by Gasteiger charge is -2.38. The molecule has 0 N–H and O–H groups in total. The smallest absolute Gasteiger partial charge is 0.410 e. The van der Waals surface area contributed by atoms with Crippen molar-refractivity contribution >= 4 is 22.8 Å². The van der Waals surface area contributed by atoms with Gasteiger partial charge in [-0.2, -0.15) is 0 Å². The molecule has 1 heterocycles. The summed E-state index contributed by atoms with van der Waals surface area (Å²) in [6.45, 7) is 7.81. The van der Waals surface area contributed by atoms with Gasteiger partial charge in [-0.05, 0) is 74.2 Å². The Bertz CT molecular complexity index is 1610. The van der Waals surface area contributed by atoms with Gasteiger partial charge in [0.2, 0.25) is 0 Å². The van der Waals surface area contributed by atoms with E-state index >= 15 is 0 Å². The predicted octanol–water partition coefficient (Wildman–Crippen LogP) is 8.05. The number of para-hydroxylation sites is 1. The molecule has 0 bridgehead atoms. The fraction of sp³-hybridized carbons (Fsp3) is 0.314. The fourth-order valence-corrected chi connectivity index (χ4v) is 5.66. The lowest BCUT2D eigenvalue weighted by Crippen LogP contribution is -2.45. The van der Waals surface area contributed by atoms with E-state index in [1.807, 2.05) is 76.2 Å². The van der Waals surface area contributed by atoms with Gasteiger partial charge in [-0.3, -0.25) is 4.90 Å². The normalized spacial score (nSPS) is 17.1. The standard InChI is InChI=1S/C35H36FNO5/c1-22(26-15-10-12-23-11-6-7-13-27(23)26)37(34(39)42-35(2,3)4)21-25-20-29(28-14-8-9-16-32(28)41-25)24-17-18-31(36)30(19-24)33(38)40-5/h6-19,22,25,29H,20-21H2,1-5H3. The number of hydrogen-bond acceptors (Lipinski definition) is 5. The highest BCUT2D eigenvalue weighted by Gasteiger charge is 2.35. The summed E-state index contributed by atoms with van der Waals surface area (Å²) in [5, 5.41) is 2.15. The minimum absolute atomic E-state index is 0.115. The summed E-state index contributed by atoms with van der Waals surface area (Å²) in [5.41, 5.74) is 1.91. The predicted molar refractivity (Wildman–Crippen MR) is 160 cm³/mol. The summed E-state index contributed by atoms with van der Waals surface area (Å²) >= 11 is 0. The molecule has 6 nitrogen and oxygen atoms in total. The van der Waals surface area contributed by atoms with E-state index in [1.54, 1.807) is 17.0 Å². The number of esters is 1. The van der Waals surface area contributed by atoms with Crippen LogP contribution in [-0.4, -0.2) is 42.3 Å². The highest BCUT2D eigenvalue weighted by Crippen LogP contribution is 2.42. The first kappa shape index (κ1) is 29.1. The number of benzene rings is 4. The van der Waals surface area contributed by atoms with E-state index in [0.29, 0.717) is 12.2 Å². The van der Waals surface area contributed by atoms with Crippen molar-refractivity contribution in [2.75, 3.05) is 13.7 Å². The Morgan fingerprint density at radius 1 is 1.00 bits per heavy atom. The van der Waals surface area contributed by atoms with Crippen molar-refractivity contribution in [1.29, 1.82) is 0 Å². The first-order valence-electron chi connectivity index (χ1n) is 14.2. The third kappa shape index (κ3) is 6.10. The number of nitrogens with zero attached hydrogens (tertiary/aromatic N) is 1. The van der Waals surface area contributed by atoms with Crippen molar-refractivity contribution < 1.29 is 28.2 Å². The summed E-state index contributed by atoms with van der Waals surface area (Å²) < 4.78 is 31.7. The zero-order valence-corrected chi connectivity index (χ0v) is 24.6. The van der Waals surface area contributed by atoms with Crippen LogP contribution in [0.2, 0.25) is 0 Å². The molecule has 218 valence electrons. The minimum Gasteiger partial charge on any atom is -0.488 e. The third-order valence-electron chi connectivity index (χ3n) is 7.65. The number of carbonyl (C=O) groups excluding carboxylic acids is 2. The molecule has 0 radical (unpaired) electrons. The first-order chi connectivity index (χ1) is 20.1. The number of hydrogen-bond donors (Lipinski definition) is 0. The van der Waals surface area contributed by atoms with Crippen LogP contribution in [0, 0.1) is 5.82 Å². The lowest BCUT2D eigenvalue weighted by molar-refractivity contribution is 0.00569. The van der Waals surface area contributed by atoms with E-state index in [9.17, 15) is 14.0 Å². The Hall–Kier alpha value is -4.39. The maximum Gasteiger partial charge on any atom is 0.410 e. The number of amides is 1. The highest BCUT2D eigenvalue weighted by molar-refractivity contribution is 5.90. The molecule has 1 amide bonds. The van der Waals surface area contributed by atoms with Crippen LogP contribution < -0.4 is 4.74 Å². The molecule has 0 saturated heterocycles. The van der Waals surface area contributed by atoms with E-state index in [1.165, 1.54) is 13.2 Å². The van der Waals surface area contributed by atoms with Crippen molar-refractivity contribution in [1.82, 2.24) is 4.90 Å². The van der Waals surface area contributed by atoms with Gasteiger partial charge in [-0.1, -0.05) is 66.7 Å². The van der Waals surface area contributed by atoms with Crippen molar-refractivity contribution in [3.05, 3.63) is 113 Å². The minimum atomic E-state index is -0.730. The Balaban J connectivity index is 1.51. The number of fused-ring (bicyclic) bond motifs is 2. The topological polar surface area (TPSA) is 65.1 Å². The molecule has 3 unspecified atom stereocenters. The summed E-state index contributed by atoms with van der Waals surface area (Å²) in [7, 11) is 1.23. The molecule has 0 fully saturated rings. The Morgan fingerprint density at radius 3 is 2.48 bits per heavy atom. The largest absolute Gasteiger partial charge is 0.488 e. The summed E-state index contributed by atoms with van der Waals surface area (Å²) in [6, 6.07) is 26.1. The van der Waals surface area contributed by atoms with Gasteiger partial charge >= 0.3 is 12.1 Å². The maximum atomic E-state index is 14.5. The van der Waals surface area contributed by atoms with Gasteiger partial charge in [0.15, 0.2) is 0 Å². The number of methoxy groups -OCH3 is 1. The molecular weight excluding hydrogens is 533 g/mol. The second-order valence-electron chi connectivity index (χ2n) is 11.7. The second kappa shape index (κ2) is 11.8. The molecule has 0 aromatic heterocycles. The van der Waals surface area contributed by atoms with Gasteiger partial charge < -0.3 is 14.2 Å². The Kier molecular flexibility index (Phi) is 8.21. The molecule has 0 saturated carbocycles. The summed E-state index contributed by atoms with van der Waals surface area (Å²) in [4.78, 5) is 27.7. The first-order valence-corrected chi connectivity index (χ1v) is 14.2. The zero-order chi connectivity index (χ0) is 30.0. The van der Waals surface area contributed by atoms with Crippen LogP contribution in [0.1, 0.15) is 73.1 Å². The zero-order valence-electron chi connectivity index (χ0n) is 24.6. The van der Waals surface area contributed by atoms with E-state index in [-0.39, 0.29) is 24.1 Å². The molecule has 42 heavy (non-hydrogen) atoms. The van der Waals surface area contributed by atoms with Gasteiger partial charge in [0.25, 0.3) is 0 Å². The van der Waals surface area contributed by atoms with Gasteiger partial charge in [-0.15, -0.1) is 0 Å². The second-order valence-corrected chi connectivity index (χ2v) is 11.7. The molecule has 7 heteroatoms. The highest BCUT2D eigenvalue weighted by atomic mass is 19.1. The number of ether oxygens (including phenoxy) is 3. The maximum absolute atomic E-state index is 14.5. The van der Waals surface area contributed by atoms with Crippen molar-refractivity contribution in [2.24, 2.45) is 0 Å². The van der Waals surface area contributed by atoms with Crippen molar-refractivity contribution in [3.8, 4) is 5.75 Å². The molecule has 4 aromatic carbocycles.